The maximum atomic E-state index is 14.5. The van der Waals surface area contributed by atoms with Gasteiger partial charge in [-0.1, -0.05) is 24.3 Å². The van der Waals surface area contributed by atoms with E-state index >= 15 is 0 Å². The number of rotatable bonds is 7. The molecule has 0 bridgehead atoms. The number of halogens is 1. The third-order valence-corrected chi connectivity index (χ3v) is 6.29. The van der Waals surface area contributed by atoms with Crippen molar-refractivity contribution in [1.82, 2.24) is 10.6 Å². The van der Waals surface area contributed by atoms with Crippen molar-refractivity contribution < 1.29 is 13.9 Å². The van der Waals surface area contributed by atoms with Crippen LogP contribution < -0.4 is 15.4 Å². The molecule has 2 N–H and O–H groups in total. The molecular formula is C22H23FN2O2S. The standard InChI is InChI=1S/C22H23FN2O2S/c23-18-7-4-8-19-20(18)17(14-27-16-5-2-1-3-6-16)21(28-19)22(26)25-12-10-15-9-11-24-13-15/h1-8,15,24H,9-14H2,(H,25,26). The largest absolute Gasteiger partial charge is 0.489 e. The SMILES string of the molecule is O=C(NCCC1CCNC1)c1sc2cccc(F)c2c1COc1ccccc1. The van der Waals surface area contributed by atoms with E-state index < -0.39 is 0 Å². The van der Waals surface area contributed by atoms with Gasteiger partial charge in [-0.2, -0.15) is 0 Å². The molecule has 2 aromatic carbocycles. The van der Waals surface area contributed by atoms with E-state index in [1.165, 1.54) is 17.4 Å². The molecule has 1 amide bonds. The first-order chi connectivity index (χ1) is 13.7. The molecule has 1 aromatic heterocycles. The van der Waals surface area contributed by atoms with Gasteiger partial charge in [-0.3, -0.25) is 4.79 Å². The zero-order valence-corrected chi connectivity index (χ0v) is 16.4. The number of ether oxygens (including phenoxy) is 1. The molecule has 4 rings (SSSR count). The first-order valence-corrected chi connectivity index (χ1v) is 10.4. The van der Waals surface area contributed by atoms with Crippen LogP contribution in [0.3, 0.4) is 0 Å². The minimum Gasteiger partial charge on any atom is -0.489 e. The lowest BCUT2D eigenvalue weighted by Gasteiger charge is -2.11. The average Bonchev–Trinajstić information content (AvgIpc) is 3.35. The fraction of sp³-hybridized carbons (Fsp3) is 0.318. The van der Waals surface area contributed by atoms with Gasteiger partial charge in [-0.05, 0) is 56.1 Å². The zero-order chi connectivity index (χ0) is 19.3. The first kappa shape index (κ1) is 18.9. The summed E-state index contributed by atoms with van der Waals surface area (Å²) in [5, 5.41) is 6.83. The molecule has 6 heteroatoms. The van der Waals surface area contributed by atoms with E-state index in [4.69, 9.17) is 4.74 Å². The summed E-state index contributed by atoms with van der Waals surface area (Å²) in [6, 6.07) is 14.3. The quantitative estimate of drug-likeness (QED) is 0.622. The number of thiophene rings is 1. The Morgan fingerprint density at radius 2 is 2.07 bits per heavy atom. The molecule has 1 atom stereocenters. The molecule has 1 fully saturated rings. The summed E-state index contributed by atoms with van der Waals surface area (Å²) in [6.07, 6.45) is 2.11. The number of carbonyl (C=O) groups is 1. The van der Waals surface area contributed by atoms with E-state index in [0.29, 0.717) is 34.0 Å². The van der Waals surface area contributed by atoms with Crippen LogP contribution in [0.1, 0.15) is 28.1 Å². The lowest BCUT2D eigenvalue weighted by atomic mass is 10.1. The van der Waals surface area contributed by atoms with Gasteiger partial charge in [0.2, 0.25) is 0 Å². The Morgan fingerprint density at radius 1 is 1.21 bits per heavy atom. The van der Waals surface area contributed by atoms with E-state index in [9.17, 15) is 9.18 Å². The normalized spacial score (nSPS) is 16.4. The number of hydrogen-bond acceptors (Lipinski definition) is 4. The number of hydrogen-bond donors (Lipinski definition) is 2. The fourth-order valence-corrected chi connectivity index (χ4v) is 4.73. The Balaban J connectivity index is 1.54. The second kappa shape index (κ2) is 8.71. The van der Waals surface area contributed by atoms with Crippen molar-refractivity contribution >= 4 is 27.3 Å². The van der Waals surface area contributed by atoms with Gasteiger partial charge in [-0.25, -0.2) is 4.39 Å². The number of carbonyl (C=O) groups excluding carboxylic acids is 1. The number of para-hydroxylation sites is 1. The van der Waals surface area contributed by atoms with Gasteiger partial charge in [-0.15, -0.1) is 11.3 Å². The second-order valence-corrected chi connectivity index (χ2v) is 8.08. The monoisotopic (exact) mass is 398 g/mol. The smallest absolute Gasteiger partial charge is 0.261 e. The molecule has 0 aliphatic carbocycles. The van der Waals surface area contributed by atoms with Gasteiger partial charge < -0.3 is 15.4 Å². The number of amides is 1. The second-order valence-electron chi connectivity index (χ2n) is 7.03. The summed E-state index contributed by atoms with van der Waals surface area (Å²) in [6.45, 7) is 2.84. The molecule has 146 valence electrons. The van der Waals surface area contributed by atoms with E-state index in [0.717, 1.165) is 30.6 Å². The van der Waals surface area contributed by atoms with Crippen LogP contribution in [0.25, 0.3) is 10.1 Å². The highest BCUT2D eigenvalue weighted by atomic mass is 32.1. The van der Waals surface area contributed by atoms with Gasteiger partial charge in [0.15, 0.2) is 0 Å². The third kappa shape index (κ3) is 4.18. The molecule has 1 saturated heterocycles. The molecule has 28 heavy (non-hydrogen) atoms. The minimum absolute atomic E-state index is 0.153. The van der Waals surface area contributed by atoms with Crippen LogP contribution in [0.2, 0.25) is 0 Å². The Bertz CT molecular complexity index is 952. The Labute approximate surface area is 167 Å². The van der Waals surface area contributed by atoms with Crippen molar-refractivity contribution in [3.8, 4) is 5.75 Å². The summed E-state index contributed by atoms with van der Waals surface area (Å²) >= 11 is 1.32. The van der Waals surface area contributed by atoms with E-state index in [-0.39, 0.29) is 18.3 Å². The Morgan fingerprint density at radius 3 is 2.86 bits per heavy atom. The predicted molar refractivity (Wildman–Crippen MR) is 110 cm³/mol. The maximum Gasteiger partial charge on any atom is 0.261 e. The van der Waals surface area contributed by atoms with E-state index in [2.05, 4.69) is 10.6 Å². The molecule has 1 unspecified atom stereocenters. The van der Waals surface area contributed by atoms with Crippen LogP contribution in [-0.4, -0.2) is 25.5 Å². The molecule has 0 radical (unpaired) electrons. The molecule has 0 saturated carbocycles. The van der Waals surface area contributed by atoms with Crippen LogP contribution in [-0.2, 0) is 6.61 Å². The first-order valence-electron chi connectivity index (χ1n) is 9.59. The highest BCUT2D eigenvalue weighted by molar-refractivity contribution is 7.21. The molecule has 0 spiro atoms. The van der Waals surface area contributed by atoms with Crippen LogP contribution >= 0.6 is 11.3 Å². The number of fused-ring (bicyclic) bond motifs is 1. The fourth-order valence-electron chi connectivity index (χ4n) is 3.59. The summed E-state index contributed by atoms with van der Waals surface area (Å²) in [5.41, 5.74) is 0.613. The molecule has 4 nitrogen and oxygen atoms in total. The highest BCUT2D eigenvalue weighted by Crippen LogP contribution is 2.34. The van der Waals surface area contributed by atoms with Crippen molar-refractivity contribution in [3.05, 3.63) is 64.8 Å². The lowest BCUT2D eigenvalue weighted by Crippen LogP contribution is -2.26. The summed E-state index contributed by atoms with van der Waals surface area (Å²) in [4.78, 5) is 13.4. The highest BCUT2D eigenvalue weighted by Gasteiger charge is 2.22. The molecule has 1 aliphatic rings. The summed E-state index contributed by atoms with van der Waals surface area (Å²) in [5.74, 6) is 0.828. The van der Waals surface area contributed by atoms with Crippen LogP contribution in [0.5, 0.6) is 5.75 Å². The van der Waals surface area contributed by atoms with E-state index in [1.807, 2.05) is 36.4 Å². The summed E-state index contributed by atoms with van der Waals surface area (Å²) in [7, 11) is 0. The Kier molecular flexibility index (Phi) is 5.88. The summed E-state index contributed by atoms with van der Waals surface area (Å²) < 4.78 is 21.1. The van der Waals surface area contributed by atoms with Crippen molar-refractivity contribution in [2.75, 3.05) is 19.6 Å². The molecule has 1 aliphatic heterocycles. The number of nitrogens with one attached hydrogen (secondary N) is 2. The van der Waals surface area contributed by atoms with Crippen molar-refractivity contribution in [1.29, 1.82) is 0 Å². The zero-order valence-electron chi connectivity index (χ0n) is 15.5. The lowest BCUT2D eigenvalue weighted by molar-refractivity contribution is 0.0953. The van der Waals surface area contributed by atoms with Crippen molar-refractivity contribution in [2.45, 2.75) is 19.4 Å². The third-order valence-electron chi connectivity index (χ3n) is 5.10. The topological polar surface area (TPSA) is 50.4 Å². The minimum atomic E-state index is -0.323. The maximum absolute atomic E-state index is 14.5. The van der Waals surface area contributed by atoms with Gasteiger partial charge in [0.05, 0.1) is 4.88 Å². The van der Waals surface area contributed by atoms with Crippen molar-refractivity contribution in [3.63, 3.8) is 0 Å². The van der Waals surface area contributed by atoms with Crippen LogP contribution in [0.15, 0.2) is 48.5 Å². The van der Waals surface area contributed by atoms with Gasteiger partial charge >= 0.3 is 0 Å². The predicted octanol–water partition coefficient (Wildman–Crippen LogP) is 4.35. The molecule has 3 aromatic rings. The van der Waals surface area contributed by atoms with Crippen LogP contribution in [0.4, 0.5) is 4.39 Å². The molecule has 2 heterocycles. The van der Waals surface area contributed by atoms with Gasteiger partial charge in [0, 0.05) is 22.2 Å². The average molecular weight is 399 g/mol. The van der Waals surface area contributed by atoms with E-state index in [1.54, 1.807) is 6.07 Å². The van der Waals surface area contributed by atoms with Gasteiger partial charge in [0.1, 0.15) is 18.2 Å². The Hall–Kier alpha value is -2.44. The number of benzene rings is 2. The molecular weight excluding hydrogens is 375 g/mol. The van der Waals surface area contributed by atoms with Crippen molar-refractivity contribution in [2.24, 2.45) is 5.92 Å². The van der Waals surface area contributed by atoms with Gasteiger partial charge in [0.25, 0.3) is 5.91 Å². The van der Waals surface area contributed by atoms with Crippen LogP contribution in [0, 0.1) is 11.7 Å².